The Morgan fingerprint density at radius 3 is 2.58 bits per heavy atom. The Kier molecular flexibility index (Phi) is 4.64. The average Bonchev–Trinajstić information content (AvgIpc) is 2.91. The minimum Gasteiger partial charge on any atom is -0.354 e. The molecule has 1 amide bonds. The molecule has 0 atom stereocenters. The topological polar surface area (TPSA) is 53.2 Å². The number of fused-ring (bicyclic) bond motifs is 1. The van der Waals surface area contributed by atoms with Crippen molar-refractivity contribution >= 4 is 11.7 Å². The van der Waals surface area contributed by atoms with Gasteiger partial charge in [0.25, 0.3) is 5.91 Å². The fourth-order valence-electron chi connectivity index (χ4n) is 3.44. The Morgan fingerprint density at radius 2 is 1.92 bits per heavy atom. The van der Waals surface area contributed by atoms with Gasteiger partial charge in [-0.3, -0.25) is 9.59 Å². The van der Waals surface area contributed by atoms with E-state index in [0.717, 1.165) is 18.2 Å². The van der Waals surface area contributed by atoms with Crippen molar-refractivity contribution in [1.29, 1.82) is 0 Å². The van der Waals surface area contributed by atoms with Crippen molar-refractivity contribution in [2.45, 2.75) is 38.9 Å². The largest absolute Gasteiger partial charge is 0.416 e. The van der Waals surface area contributed by atoms with Crippen LogP contribution < -0.4 is 0 Å². The highest BCUT2D eigenvalue weighted by Gasteiger charge is 2.34. The molecule has 138 valence electrons. The first-order valence-corrected chi connectivity index (χ1v) is 8.35. The maximum atomic E-state index is 13.1. The van der Waals surface area contributed by atoms with Crippen LogP contribution in [0, 0.1) is 6.92 Å². The van der Waals surface area contributed by atoms with Crippen LogP contribution in [0.4, 0.5) is 13.2 Å². The summed E-state index contributed by atoms with van der Waals surface area (Å²) in [6, 6.07) is 5.21. The zero-order chi connectivity index (χ0) is 19.1. The lowest BCUT2D eigenvalue weighted by molar-refractivity contribution is -0.138. The second-order valence-electron chi connectivity index (χ2n) is 6.57. The molecule has 1 aliphatic carbocycles. The summed E-state index contributed by atoms with van der Waals surface area (Å²) in [5, 5.41) is 0. The number of aryl methyl sites for hydroxylation is 1. The lowest BCUT2D eigenvalue weighted by Gasteiger charge is -2.20. The molecule has 7 heteroatoms. The molecule has 4 nitrogen and oxygen atoms in total. The van der Waals surface area contributed by atoms with Crippen LogP contribution in [0.3, 0.4) is 0 Å². The fraction of sp³-hybridized carbons (Fsp3) is 0.368. The molecule has 0 bridgehead atoms. The number of ketones is 1. The number of nitrogens with zero attached hydrogens (tertiary/aromatic N) is 1. The van der Waals surface area contributed by atoms with E-state index in [0.29, 0.717) is 24.0 Å². The summed E-state index contributed by atoms with van der Waals surface area (Å²) in [6.45, 7) is 1.52. The number of halogens is 3. The van der Waals surface area contributed by atoms with E-state index >= 15 is 0 Å². The van der Waals surface area contributed by atoms with Gasteiger partial charge in [-0.2, -0.15) is 13.2 Å². The summed E-state index contributed by atoms with van der Waals surface area (Å²) < 4.78 is 39.4. The van der Waals surface area contributed by atoms with Crippen molar-refractivity contribution in [3.8, 4) is 0 Å². The molecule has 0 unspecified atom stereocenters. The van der Waals surface area contributed by atoms with E-state index in [1.165, 1.54) is 30.1 Å². The number of aromatic amines is 1. The number of carbonyl (C=O) groups is 2. The minimum atomic E-state index is -4.48. The Bertz CT molecular complexity index is 868. The molecule has 1 heterocycles. The summed E-state index contributed by atoms with van der Waals surface area (Å²) >= 11 is 0. The van der Waals surface area contributed by atoms with Gasteiger partial charge in [-0.1, -0.05) is 18.2 Å². The van der Waals surface area contributed by atoms with Gasteiger partial charge in [0.05, 0.1) is 5.56 Å². The Morgan fingerprint density at radius 1 is 1.23 bits per heavy atom. The number of amides is 1. The first kappa shape index (κ1) is 18.2. The van der Waals surface area contributed by atoms with Gasteiger partial charge in [0, 0.05) is 31.3 Å². The number of alkyl halides is 3. The van der Waals surface area contributed by atoms with Gasteiger partial charge in [0.2, 0.25) is 0 Å². The summed E-state index contributed by atoms with van der Waals surface area (Å²) in [7, 11) is 1.45. The second-order valence-corrected chi connectivity index (χ2v) is 6.57. The fourth-order valence-corrected chi connectivity index (χ4v) is 3.44. The van der Waals surface area contributed by atoms with Crippen molar-refractivity contribution in [3.63, 3.8) is 0 Å². The number of rotatable bonds is 3. The maximum absolute atomic E-state index is 13.1. The molecule has 26 heavy (non-hydrogen) atoms. The van der Waals surface area contributed by atoms with Gasteiger partial charge < -0.3 is 9.88 Å². The lowest BCUT2D eigenvalue weighted by Crippen LogP contribution is -2.28. The molecule has 1 aromatic heterocycles. The smallest absolute Gasteiger partial charge is 0.354 e. The molecule has 0 saturated heterocycles. The van der Waals surface area contributed by atoms with Gasteiger partial charge in [-0.05, 0) is 37.0 Å². The van der Waals surface area contributed by atoms with Gasteiger partial charge in [0.1, 0.15) is 5.69 Å². The average molecular weight is 364 g/mol. The molecule has 0 radical (unpaired) electrons. The summed E-state index contributed by atoms with van der Waals surface area (Å²) in [4.78, 5) is 29.1. The van der Waals surface area contributed by atoms with Crippen molar-refractivity contribution in [2.75, 3.05) is 7.05 Å². The molecular weight excluding hydrogens is 345 g/mol. The van der Waals surface area contributed by atoms with E-state index in [1.54, 1.807) is 6.92 Å². The van der Waals surface area contributed by atoms with Crippen LogP contribution in [0.15, 0.2) is 24.3 Å². The molecule has 1 aromatic carbocycles. The number of Topliss-reactive ketones (excluding diaryl/α,β-unsaturated/α-hetero) is 1. The van der Waals surface area contributed by atoms with E-state index in [2.05, 4.69) is 4.98 Å². The summed E-state index contributed by atoms with van der Waals surface area (Å²) in [5.74, 6) is -0.425. The Hall–Kier alpha value is -2.57. The number of benzene rings is 1. The van der Waals surface area contributed by atoms with Crippen molar-refractivity contribution in [3.05, 3.63) is 57.9 Å². The third-order valence-electron chi connectivity index (χ3n) is 4.73. The van der Waals surface area contributed by atoms with E-state index in [-0.39, 0.29) is 23.6 Å². The van der Waals surface area contributed by atoms with Crippen LogP contribution in [-0.4, -0.2) is 28.6 Å². The van der Waals surface area contributed by atoms with Crippen LogP contribution in [0.25, 0.3) is 0 Å². The van der Waals surface area contributed by atoms with E-state index < -0.39 is 17.6 Å². The van der Waals surface area contributed by atoms with Crippen LogP contribution >= 0.6 is 0 Å². The molecule has 0 saturated carbocycles. The van der Waals surface area contributed by atoms with Crippen LogP contribution in [0.5, 0.6) is 0 Å². The van der Waals surface area contributed by atoms with E-state index in [4.69, 9.17) is 0 Å². The van der Waals surface area contributed by atoms with E-state index in [1.807, 2.05) is 0 Å². The monoisotopic (exact) mass is 364 g/mol. The molecular formula is C19H19F3N2O2. The Balaban J connectivity index is 1.88. The summed E-state index contributed by atoms with van der Waals surface area (Å²) in [6.07, 6.45) is -2.60. The zero-order valence-electron chi connectivity index (χ0n) is 14.5. The number of hydrogen-bond donors (Lipinski definition) is 1. The number of nitrogens with one attached hydrogen (secondary N) is 1. The van der Waals surface area contributed by atoms with Crippen molar-refractivity contribution < 1.29 is 22.8 Å². The number of H-pyrrole nitrogens is 1. The SMILES string of the molecule is Cc1c(C(=O)N(C)Cc2ccccc2C(F)(F)F)[nH]c2c1C(=O)CCC2. The molecule has 0 spiro atoms. The minimum absolute atomic E-state index is 0.00381. The van der Waals surface area contributed by atoms with E-state index in [9.17, 15) is 22.8 Å². The lowest BCUT2D eigenvalue weighted by atomic mass is 9.94. The molecule has 0 aliphatic heterocycles. The second kappa shape index (κ2) is 6.63. The number of hydrogen-bond acceptors (Lipinski definition) is 2. The molecule has 2 aromatic rings. The van der Waals surface area contributed by atoms with Gasteiger partial charge in [-0.15, -0.1) is 0 Å². The highest BCUT2D eigenvalue weighted by molar-refractivity contribution is 6.04. The molecule has 1 aliphatic rings. The van der Waals surface area contributed by atoms with Gasteiger partial charge in [0.15, 0.2) is 5.78 Å². The van der Waals surface area contributed by atoms with Crippen LogP contribution in [0.2, 0.25) is 0 Å². The van der Waals surface area contributed by atoms with Gasteiger partial charge in [-0.25, -0.2) is 0 Å². The first-order chi connectivity index (χ1) is 12.2. The van der Waals surface area contributed by atoms with Crippen LogP contribution in [-0.2, 0) is 19.1 Å². The van der Waals surface area contributed by atoms with Crippen molar-refractivity contribution in [2.24, 2.45) is 0 Å². The highest BCUT2D eigenvalue weighted by atomic mass is 19.4. The molecule has 3 rings (SSSR count). The third-order valence-corrected chi connectivity index (χ3v) is 4.73. The quantitative estimate of drug-likeness (QED) is 0.890. The Labute approximate surface area is 149 Å². The molecule has 1 N–H and O–H groups in total. The predicted octanol–water partition coefficient (Wildman–Crippen LogP) is 4.13. The molecule has 0 fully saturated rings. The first-order valence-electron chi connectivity index (χ1n) is 8.35. The third kappa shape index (κ3) is 3.25. The van der Waals surface area contributed by atoms with Crippen molar-refractivity contribution in [1.82, 2.24) is 9.88 Å². The van der Waals surface area contributed by atoms with Gasteiger partial charge >= 0.3 is 6.18 Å². The number of carbonyl (C=O) groups excluding carboxylic acids is 2. The summed E-state index contributed by atoms with van der Waals surface area (Å²) in [5.41, 5.74) is 1.43. The maximum Gasteiger partial charge on any atom is 0.416 e. The highest BCUT2D eigenvalue weighted by Crippen LogP contribution is 2.33. The number of aromatic nitrogens is 1. The standard InChI is InChI=1S/C19H19F3N2O2/c1-11-16-14(8-5-9-15(16)25)23-17(11)18(26)24(2)10-12-6-3-4-7-13(12)19(20,21)22/h3-4,6-7,23H,5,8-10H2,1-2H3. The normalized spacial score (nSPS) is 14.3. The predicted molar refractivity (Wildman–Crippen MR) is 90.0 cm³/mol. The van der Waals surface area contributed by atoms with Crippen LogP contribution in [0.1, 0.15) is 56.1 Å². The zero-order valence-corrected chi connectivity index (χ0v) is 14.5.